The summed E-state index contributed by atoms with van der Waals surface area (Å²) >= 11 is 0. The van der Waals surface area contributed by atoms with Crippen LogP contribution in [-0.2, 0) is 14.3 Å². The average Bonchev–Trinajstić information content (AvgIpc) is 2.78. The van der Waals surface area contributed by atoms with Gasteiger partial charge in [-0.15, -0.1) is 0 Å². The Labute approximate surface area is 212 Å². The molecule has 0 radical (unpaired) electrons. The summed E-state index contributed by atoms with van der Waals surface area (Å²) in [5.41, 5.74) is 2.56. The number of likely N-dealkylation sites (N-methyl/N-ethyl adjacent to an activating group) is 1. The summed E-state index contributed by atoms with van der Waals surface area (Å²) in [5.74, 6) is -1.07. The van der Waals surface area contributed by atoms with E-state index in [1.54, 1.807) is 46.8 Å². The van der Waals surface area contributed by atoms with Crippen molar-refractivity contribution in [2.24, 2.45) is 0 Å². The van der Waals surface area contributed by atoms with Gasteiger partial charge in [-0.1, -0.05) is 24.3 Å². The molecule has 0 fully saturated rings. The molecule has 0 saturated carbocycles. The standard InChI is InChI=1S/C27H37N3O6/c1-8-30(25(34)20(15-31)28-26(35)36-27(5,6)7)23(19-12-13-21(32)18(4)14-19)24(33)29-22-16(2)10-9-11-17(22)3/h9-14,20,23,31-32H,8,15H2,1-7H3,(H,28,35)(H,29,33). The Hall–Kier alpha value is -3.59. The largest absolute Gasteiger partial charge is 0.508 e. The van der Waals surface area contributed by atoms with Crippen LogP contribution in [0.5, 0.6) is 5.75 Å². The maximum atomic E-state index is 13.7. The average molecular weight is 500 g/mol. The summed E-state index contributed by atoms with van der Waals surface area (Å²) < 4.78 is 5.22. The molecule has 0 spiro atoms. The summed E-state index contributed by atoms with van der Waals surface area (Å²) in [5, 5.41) is 25.3. The van der Waals surface area contributed by atoms with Crippen molar-refractivity contribution < 1.29 is 29.3 Å². The van der Waals surface area contributed by atoms with E-state index in [0.717, 1.165) is 11.1 Å². The SMILES string of the molecule is CCN(C(=O)C(CO)NC(=O)OC(C)(C)C)C(C(=O)Nc1c(C)cccc1C)c1ccc(O)c(C)c1. The normalized spacial score (nSPS) is 12.9. The first-order chi connectivity index (χ1) is 16.8. The molecule has 0 aromatic heterocycles. The van der Waals surface area contributed by atoms with Crippen molar-refractivity contribution in [3.8, 4) is 5.75 Å². The lowest BCUT2D eigenvalue weighted by atomic mass is 9.99. The number of rotatable bonds is 8. The van der Waals surface area contributed by atoms with Crippen molar-refractivity contribution in [1.29, 1.82) is 0 Å². The van der Waals surface area contributed by atoms with Gasteiger partial charge >= 0.3 is 6.09 Å². The first-order valence-electron chi connectivity index (χ1n) is 11.9. The first kappa shape index (κ1) is 28.6. The van der Waals surface area contributed by atoms with Gasteiger partial charge in [0.2, 0.25) is 5.91 Å². The second-order valence-electron chi connectivity index (χ2n) is 9.71. The number of benzene rings is 2. The zero-order chi connectivity index (χ0) is 27.2. The molecule has 0 aliphatic heterocycles. The van der Waals surface area contributed by atoms with Crippen LogP contribution in [0.4, 0.5) is 10.5 Å². The van der Waals surface area contributed by atoms with Gasteiger partial charge in [0.1, 0.15) is 23.4 Å². The van der Waals surface area contributed by atoms with Gasteiger partial charge in [0.25, 0.3) is 5.91 Å². The lowest BCUT2D eigenvalue weighted by molar-refractivity contribution is -0.141. The van der Waals surface area contributed by atoms with Crippen molar-refractivity contribution >= 4 is 23.6 Å². The van der Waals surface area contributed by atoms with Gasteiger partial charge in [-0.05, 0) is 82.9 Å². The first-order valence-corrected chi connectivity index (χ1v) is 11.9. The molecule has 9 nitrogen and oxygen atoms in total. The molecule has 0 bridgehead atoms. The number of phenols is 1. The maximum Gasteiger partial charge on any atom is 0.408 e. The van der Waals surface area contributed by atoms with E-state index >= 15 is 0 Å². The zero-order valence-corrected chi connectivity index (χ0v) is 22.0. The molecular weight excluding hydrogens is 462 g/mol. The van der Waals surface area contributed by atoms with E-state index in [9.17, 15) is 24.6 Å². The molecule has 0 saturated heterocycles. The Morgan fingerprint density at radius 3 is 2.14 bits per heavy atom. The minimum Gasteiger partial charge on any atom is -0.508 e. The molecule has 2 unspecified atom stereocenters. The molecule has 4 N–H and O–H groups in total. The van der Waals surface area contributed by atoms with Crippen molar-refractivity contribution in [3.63, 3.8) is 0 Å². The van der Waals surface area contributed by atoms with Gasteiger partial charge in [0.15, 0.2) is 0 Å². The molecule has 9 heteroatoms. The van der Waals surface area contributed by atoms with Gasteiger partial charge in [-0.3, -0.25) is 9.59 Å². The maximum absolute atomic E-state index is 13.7. The number of alkyl carbamates (subject to hydrolysis) is 1. The predicted molar refractivity (Wildman–Crippen MR) is 138 cm³/mol. The van der Waals surface area contributed by atoms with E-state index in [-0.39, 0.29) is 12.3 Å². The van der Waals surface area contributed by atoms with Gasteiger partial charge in [0, 0.05) is 12.2 Å². The van der Waals surface area contributed by atoms with Gasteiger partial charge in [-0.25, -0.2) is 4.79 Å². The fourth-order valence-electron chi connectivity index (χ4n) is 3.83. The van der Waals surface area contributed by atoms with Gasteiger partial charge in [-0.2, -0.15) is 0 Å². The summed E-state index contributed by atoms with van der Waals surface area (Å²) in [6.45, 7) is 11.6. The highest BCUT2D eigenvalue weighted by Crippen LogP contribution is 2.29. The minimum atomic E-state index is -1.33. The summed E-state index contributed by atoms with van der Waals surface area (Å²) in [7, 11) is 0. The predicted octanol–water partition coefficient (Wildman–Crippen LogP) is 3.73. The van der Waals surface area contributed by atoms with Crippen molar-refractivity contribution in [2.45, 2.75) is 66.2 Å². The fraction of sp³-hybridized carbons (Fsp3) is 0.444. The van der Waals surface area contributed by atoms with E-state index in [2.05, 4.69) is 10.6 Å². The van der Waals surface area contributed by atoms with E-state index < -0.39 is 42.2 Å². The molecule has 2 aromatic rings. The minimum absolute atomic E-state index is 0.0573. The molecule has 2 atom stereocenters. The molecule has 0 heterocycles. The van der Waals surface area contributed by atoms with E-state index in [1.165, 1.54) is 11.0 Å². The van der Waals surface area contributed by atoms with Crippen molar-refractivity contribution in [3.05, 3.63) is 58.7 Å². The van der Waals surface area contributed by atoms with Gasteiger partial charge < -0.3 is 30.5 Å². The number of aryl methyl sites for hydroxylation is 3. The number of nitrogens with zero attached hydrogens (tertiary/aromatic N) is 1. The van der Waals surface area contributed by atoms with Crippen LogP contribution in [0.1, 0.15) is 56.0 Å². The van der Waals surface area contributed by atoms with Crippen LogP contribution in [0.3, 0.4) is 0 Å². The molecule has 2 aromatic carbocycles. The van der Waals surface area contributed by atoms with E-state index in [0.29, 0.717) is 16.8 Å². The number of anilines is 1. The highest BCUT2D eigenvalue weighted by Gasteiger charge is 2.35. The Morgan fingerprint density at radius 1 is 1.03 bits per heavy atom. The number of nitrogens with one attached hydrogen (secondary N) is 2. The van der Waals surface area contributed by atoms with E-state index in [4.69, 9.17) is 4.74 Å². The highest BCUT2D eigenvalue weighted by atomic mass is 16.6. The number of para-hydroxylation sites is 1. The topological polar surface area (TPSA) is 128 Å². The van der Waals surface area contributed by atoms with Crippen molar-refractivity contribution in [2.75, 3.05) is 18.5 Å². The van der Waals surface area contributed by atoms with Crippen LogP contribution < -0.4 is 10.6 Å². The molecule has 2 rings (SSSR count). The summed E-state index contributed by atoms with van der Waals surface area (Å²) in [6.07, 6.45) is -0.858. The number of carbonyl (C=O) groups excluding carboxylic acids is 3. The lowest BCUT2D eigenvalue weighted by Crippen LogP contribution is -2.53. The smallest absolute Gasteiger partial charge is 0.408 e. The lowest BCUT2D eigenvalue weighted by Gasteiger charge is -2.33. The summed E-state index contributed by atoms with van der Waals surface area (Å²) in [4.78, 5) is 40.8. The number of phenolic OH excluding ortho intramolecular Hbond substituents is 1. The molecule has 36 heavy (non-hydrogen) atoms. The molecule has 3 amide bonds. The Kier molecular flexibility index (Phi) is 9.47. The number of carbonyl (C=O) groups is 3. The second kappa shape index (κ2) is 11.9. The summed E-state index contributed by atoms with van der Waals surface area (Å²) in [6, 6.07) is 7.87. The van der Waals surface area contributed by atoms with E-state index in [1.807, 2.05) is 32.0 Å². The third-order valence-corrected chi connectivity index (χ3v) is 5.62. The van der Waals surface area contributed by atoms with Crippen LogP contribution in [0, 0.1) is 20.8 Å². The monoisotopic (exact) mass is 499 g/mol. The molecule has 0 aliphatic rings. The van der Waals surface area contributed by atoms with Crippen molar-refractivity contribution in [1.82, 2.24) is 10.2 Å². The second-order valence-corrected chi connectivity index (χ2v) is 9.71. The Morgan fingerprint density at radius 2 is 1.64 bits per heavy atom. The molecule has 0 aliphatic carbocycles. The number of amides is 3. The molecular formula is C27H37N3O6. The number of aliphatic hydroxyl groups excluding tert-OH is 1. The number of aliphatic hydroxyl groups is 1. The van der Waals surface area contributed by atoms with Crippen LogP contribution >= 0.6 is 0 Å². The van der Waals surface area contributed by atoms with Gasteiger partial charge in [0.05, 0.1) is 6.61 Å². The van der Waals surface area contributed by atoms with Crippen LogP contribution in [0.25, 0.3) is 0 Å². The Balaban J connectivity index is 2.47. The number of hydrogen-bond acceptors (Lipinski definition) is 6. The number of hydrogen-bond donors (Lipinski definition) is 4. The van der Waals surface area contributed by atoms with Crippen LogP contribution in [-0.4, -0.2) is 57.8 Å². The third kappa shape index (κ3) is 7.21. The Bertz CT molecular complexity index is 1090. The zero-order valence-electron chi connectivity index (χ0n) is 22.0. The fourth-order valence-corrected chi connectivity index (χ4v) is 3.83. The quantitative estimate of drug-likeness (QED) is 0.438. The third-order valence-electron chi connectivity index (χ3n) is 5.62. The van der Waals surface area contributed by atoms with Crippen LogP contribution in [0.2, 0.25) is 0 Å². The number of ether oxygens (including phenoxy) is 1. The number of aromatic hydroxyl groups is 1. The molecule has 196 valence electrons. The van der Waals surface area contributed by atoms with Crippen LogP contribution in [0.15, 0.2) is 36.4 Å². The highest BCUT2D eigenvalue weighted by molar-refractivity contribution is 6.00.